The summed E-state index contributed by atoms with van der Waals surface area (Å²) in [5.74, 6) is 0.863. The second-order valence-corrected chi connectivity index (χ2v) is 7.22. The summed E-state index contributed by atoms with van der Waals surface area (Å²) in [6, 6.07) is 15.7. The molecule has 0 saturated heterocycles. The molecule has 2 aromatic carbocycles. The molecule has 25 heavy (non-hydrogen) atoms. The zero-order valence-electron chi connectivity index (χ0n) is 13.6. The molecule has 0 aliphatic heterocycles. The van der Waals surface area contributed by atoms with Crippen molar-refractivity contribution >= 4 is 39.3 Å². The summed E-state index contributed by atoms with van der Waals surface area (Å²) in [4.78, 5) is 16.5. The summed E-state index contributed by atoms with van der Waals surface area (Å²) in [6.07, 6.45) is 0.982. The van der Waals surface area contributed by atoms with Crippen LogP contribution in [-0.2, 0) is 11.2 Å². The van der Waals surface area contributed by atoms with Gasteiger partial charge in [-0.1, -0.05) is 58.9 Å². The van der Waals surface area contributed by atoms with E-state index in [1.54, 1.807) is 0 Å². The first-order chi connectivity index (χ1) is 12.1. The van der Waals surface area contributed by atoms with Crippen molar-refractivity contribution in [3.63, 3.8) is 0 Å². The van der Waals surface area contributed by atoms with E-state index < -0.39 is 0 Å². The number of aromatic amines is 1. The van der Waals surface area contributed by atoms with E-state index in [0.29, 0.717) is 11.0 Å². The summed E-state index contributed by atoms with van der Waals surface area (Å²) < 4.78 is 1.01. The van der Waals surface area contributed by atoms with Gasteiger partial charge in [0, 0.05) is 15.7 Å². The van der Waals surface area contributed by atoms with Crippen LogP contribution in [-0.4, -0.2) is 26.8 Å². The smallest absolute Gasteiger partial charge is 0.234 e. The van der Waals surface area contributed by atoms with Crippen LogP contribution in [0, 0.1) is 0 Å². The van der Waals surface area contributed by atoms with E-state index in [1.807, 2.05) is 48.5 Å². The zero-order chi connectivity index (χ0) is 17.6. The quantitative estimate of drug-likeness (QED) is 0.579. The number of halogens is 1. The number of H-pyrrole nitrogens is 1. The number of hydrogen-bond donors (Lipinski definition) is 2. The Kier molecular flexibility index (Phi) is 5.88. The summed E-state index contributed by atoms with van der Waals surface area (Å²) in [7, 11) is 0. The molecule has 0 atom stereocenters. The highest BCUT2D eigenvalue weighted by Crippen LogP contribution is 2.21. The molecule has 0 saturated carbocycles. The van der Waals surface area contributed by atoms with Gasteiger partial charge in [0.25, 0.3) is 0 Å². The maximum atomic E-state index is 12.1. The summed E-state index contributed by atoms with van der Waals surface area (Å²) in [5, 5.41) is 10.5. The molecule has 0 radical (unpaired) electrons. The lowest BCUT2D eigenvalue weighted by Crippen LogP contribution is -2.14. The molecule has 128 valence electrons. The molecule has 0 bridgehead atoms. The van der Waals surface area contributed by atoms with Gasteiger partial charge >= 0.3 is 0 Å². The lowest BCUT2D eigenvalue weighted by atomic mass is 10.1. The van der Waals surface area contributed by atoms with Gasteiger partial charge < -0.3 is 5.32 Å². The van der Waals surface area contributed by atoms with E-state index in [4.69, 9.17) is 0 Å². The molecule has 5 nitrogen and oxygen atoms in total. The van der Waals surface area contributed by atoms with Gasteiger partial charge in [0.1, 0.15) is 0 Å². The molecular weight excluding hydrogens is 400 g/mol. The molecule has 1 heterocycles. The molecule has 0 aliphatic rings. The van der Waals surface area contributed by atoms with Crippen molar-refractivity contribution in [3.05, 3.63) is 58.6 Å². The number of amides is 1. The third-order valence-electron chi connectivity index (χ3n) is 3.56. The number of carbonyl (C=O) groups excluding carboxylic acids is 1. The second-order valence-electron chi connectivity index (χ2n) is 5.36. The standard InChI is InChI=1S/C18H17BrN4OS/c1-2-12-3-9-15(10-4-12)20-16(24)11-25-18-21-17(22-23-18)13-5-7-14(19)8-6-13/h3-10H,2,11H2,1H3,(H,20,24)(H,21,22,23). The Balaban J connectivity index is 1.54. The number of hydrogen-bond acceptors (Lipinski definition) is 4. The van der Waals surface area contributed by atoms with Gasteiger partial charge in [-0.25, -0.2) is 4.98 Å². The highest BCUT2D eigenvalue weighted by atomic mass is 79.9. The molecule has 3 rings (SSSR count). The predicted molar refractivity (Wildman–Crippen MR) is 105 cm³/mol. The fourth-order valence-electron chi connectivity index (χ4n) is 2.20. The normalized spacial score (nSPS) is 10.6. The number of rotatable bonds is 6. The van der Waals surface area contributed by atoms with Crippen molar-refractivity contribution in [1.82, 2.24) is 15.2 Å². The number of nitrogens with zero attached hydrogens (tertiary/aromatic N) is 2. The number of aryl methyl sites for hydroxylation is 1. The van der Waals surface area contributed by atoms with E-state index >= 15 is 0 Å². The molecule has 1 aromatic heterocycles. The molecule has 1 amide bonds. The Morgan fingerprint density at radius 2 is 1.88 bits per heavy atom. The summed E-state index contributed by atoms with van der Waals surface area (Å²) >= 11 is 4.70. The van der Waals surface area contributed by atoms with Crippen LogP contribution in [0.25, 0.3) is 11.4 Å². The third kappa shape index (κ3) is 4.93. The van der Waals surface area contributed by atoms with E-state index in [2.05, 4.69) is 43.4 Å². The van der Waals surface area contributed by atoms with Crippen LogP contribution < -0.4 is 5.32 Å². The minimum Gasteiger partial charge on any atom is -0.325 e. The van der Waals surface area contributed by atoms with Gasteiger partial charge in [-0.2, -0.15) is 0 Å². The van der Waals surface area contributed by atoms with Gasteiger partial charge in [-0.05, 0) is 36.2 Å². The van der Waals surface area contributed by atoms with Crippen LogP contribution in [0.1, 0.15) is 12.5 Å². The fourth-order valence-corrected chi connectivity index (χ4v) is 3.06. The molecule has 2 N–H and O–H groups in total. The number of carbonyl (C=O) groups is 1. The largest absolute Gasteiger partial charge is 0.325 e. The lowest BCUT2D eigenvalue weighted by Gasteiger charge is -2.04. The number of anilines is 1. The minimum atomic E-state index is -0.0794. The van der Waals surface area contributed by atoms with Crippen molar-refractivity contribution in [2.24, 2.45) is 0 Å². The van der Waals surface area contributed by atoms with Gasteiger partial charge in [0.15, 0.2) is 5.82 Å². The van der Waals surface area contributed by atoms with Crippen LogP contribution in [0.3, 0.4) is 0 Å². The average Bonchev–Trinajstić information content (AvgIpc) is 3.10. The summed E-state index contributed by atoms with van der Waals surface area (Å²) in [6.45, 7) is 2.10. The summed E-state index contributed by atoms with van der Waals surface area (Å²) in [5.41, 5.74) is 2.99. The first-order valence-corrected chi connectivity index (χ1v) is 9.62. The minimum absolute atomic E-state index is 0.0794. The van der Waals surface area contributed by atoms with E-state index in [0.717, 1.165) is 22.1 Å². The molecule has 0 unspecified atom stereocenters. The Bertz CT molecular complexity index is 846. The fraction of sp³-hybridized carbons (Fsp3) is 0.167. The predicted octanol–water partition coefficient (Wildman–Crippen LogP) is 4.53. The van der Waals surface area contributed by atoms with Crippen molar-refractivity contribution in [1.29, 1.82) is 0 Å². The second kappa shape index (κ2) is 8.31. The maximum absolute atomic E-state index is 12.1. The van der Waals surface area contributed by atoms with E-state index in [9.17, 15) is 4.79 Å². The topological polar surface area (TPSA) is 70.7 Å². The van der Waals surface area contributed by atoms with Crippen LogP contribution in [0.15, 0.2) is 58.2 Å². The molecule has 7 heteroatoms. The first-order valence-electron chi connectivity index (χ1n) is 7.84. The van der Waals surface area contributed by atoms with Crippen LogP contribution in [0.2, 0.25) is 0 Å². The Morgan fingerprint density at radius 3 is 2.56 bits per heavy atom. The Labute approximate surface area is 158 Å². The SMILES string of the molecule is CCc1ccc(NC(=O)CSc2n[nH]c(-c3ccc(Br)cc3)n2)cc1. The van der Waals surface area contributed by atoms with Gasteiger partial charge in [0.2, 0.25) is 11.1 Å². The third-order valence-corrected chi connectivity index (χ3v) is 4.94. The maximum Gasteiger partial charge on any atom is 0.234 e. The van der Waals surface area contributed by atoms with Crippen LogP contribution >= 0.6 is 27.7 Å². The molecule has 3 aromatic rings. The molecule has 0 aliphatic carbocycles. The Morgan fingerprint density at radius 1 is 1.16 bits per heavy atom. The van der Waals surface area contributed by atoms with Crippen LogP contribution in [0.4, 0.5) is 5.69 Å². The zero-order valence-corrected chi connectivity index (χ0v) is 16.0. The number of nitrogens with one attached hydrogen (secondary N) is 2. The van der Waals surface area contributed by atoms with Gasteiger partial charge in [0.05, 0.1) is 5.75 Å². The number of aromatic nitrogens is 3. The molecular formula is C18H17BrN4OS. The lowest BCUT2D eigenvalue weighted by molar-refractivity contribution is -0.113. The Hall–Kier alpha value is -2.12. The van der Waals surface area contributed by atoms with E-state index in [-0.39, 0.29) is 11.7 Å². The van der Waals surface area contributed by atoms with Crippen molar-refractivity contribution in [2.45, 2.75) is 18.5 Å². The van der Waals surface area contributed by atoms with Gasteiger partial charge in [-0.15, -0.1) is 5.10 Å². The molecule has 0 fully saturated rings. The molecule has 0 spiro atoms. The highest BCUT2D eigenvalue weighted by molar-refractivity contribution is 9.10. The number of benzene rings is 2. The highest BCUT2D eigenvalue weighted by Gasteiger charge is 2.09. The van der Waals surface area contributed by atoms with Crippen molar-refractivity contribution < 1.29 is 4.79 Å². The van der Waals surface area contributed by atoms with Gasteiger partial charge in [-0.3, -0.25) is 9.89 Å². The number of thioether (sulfide) groups is 1. The van der Waals surface area contributed by atoms with Crippen molar-refractivity contribution in [3.8, 4) is 11.4 Å². The van der Waals surface area contributed by atoms with E-state index in [1.165, 1.54) is 17.3 Å². The monoisotopic (exact) mass is 416 g/mol. The van der Waals surface area contributed by atoms with Crippen molar-refractivity contribution in [2.75, 3.05) is 11.1 Å². The van der Waals surface area contributed by atoms with Crippen LogP contribution in [0.5, 0.6) is 0 Å². The first kappa shape index (κ1) is 17.7. The average molecular weight is 417 g/mol.